The molecule has 0 saturated carbocycles. The smallest absolute Gasteiger partial charge is 0.268 e. The van der Waals surface area contributed by atoms with Gasteiger partial charge in [-0.1, -0.05) is 11.6 Å². The lowest BCUT2D eigenvalue weighted by atomic mass is 10.2. The number of hydrogen-bond acceptors (Lipinski definition) is 6. The molecule has 9 heteroatoms. The summed E-state index contributed by atoms with van der Waals surface area (Å²) in [6.45, 7) is 1.96. The van der Waals surface area contributed by atoms with Crippen LogP contribution < -0.4 is 11.1 Å². The van der Waals surface area contributed by atoms with Crippen LogP contribution in [-0.2, 0) is 6.61 Å². The van der Waals surface area contributed by atoms with E-state index in [1.165, 1.54) is 11.3 Å². The van der Waals surface area contributed by atoms with Gasteiger partial charge in [-0.15, -0.1) is 11.3 Å². The van der Waals surface area contributed by atoms with Gasteiger partial charge < -0.3 is 21.1 Å². The van der Waals surface area contributed by atoms with Gasteiger partial charge in [0.15, 0.2) is 0 Å². The molecule has 1 atom stereocenters. The maximum Gasteiger partial charge on any atom is 0.268 e. The molecule has 3 heterocycles. The summed E-state index contributed by atoms with van der Waals surface area (Å²) in [5.41, 5.74) is 8.44. The molecule has 3 rings (SSSR count). The fourth-order valence-electron chi connectivity index (χ4n) is 2.48. The van der Waals surface area contributed by atoms with Gasteiger partial charge in [-0.25, -0.2) is 4.98 Å². The molecule has 3 aromatic rings. The molecule has 0 spiro atoms. The van der Waals surface area contributed by atoms with Crippen molar-refractivity contribution in [1.82, 2.24) is 20.3 Å². The predicted molar refractivity (Wildman–Crippen MR) is 101 cm³/mol. The number of amides is 1. The predicted octanol–water partition coefficient (Wildman–Crippen LogP) is 2.42. The maximum atomic E-state index is 12.7. The van der Waals surface area contributed by atoms with Crippen molar-refractivity contribution in [2.75, 3.05) is 6.54 Å². The summed E-state index contributed by atoms with van der Waals surface area (Å²) < 4.78 is 0. The SMILES string of the molecule is Cc1cc(-c2ccc(Cl)cn2)[nH]c1C(=O)N[C@H](CN)c1ncc(CO)s1. The lowest BCUT2D eigenvalue weighted by Gasteiger charge is -2.14. The van der Waals surface area contributed by atoms with E-state index in [9.17, 15) is 4.79 Å². The van der Waals surface area contributed by atoms with Crippen LogP contribution >= 0.6 is 22.9 Å². The van der Waals surface area contributed by atoms with Gasteiger partial charge in [0.25, 0.3) is 5.91 Å². The molecule has 0 aliphatic carbocycles. The highest BCUT2D eigenvalue weighted by Crippen LogP contribution is 2.23. The Morgan fingerprint density at radius 3 is 2.85 bits per heavy atom. The number of aliphatic hydroxyl groups excluding tert-OH is 1. The molecule has 0 saturated heterocycles. The van der Waals surface area contributed by atoms with Crippen molar-refractivity contribution in [2.24, 2.45) is 5.73 Å². The molecule has 0 bridgehead atoms. The Labute approximate surface area is 159 Å². The third kappa shape index (κ3) is 3.94. The minimum Gasteiger partial charge on any atom is -0.391 e. The molecule has 3 aromatic heterocycles. The Bertz CT molecular complexity index is 906. The highest BCUT2D eigenvalue weighted by atomic mass is 35.5. The number of rotatable bonds is 6. The lowest BCUT2D eigenvalue weighted by Crippen LogP contribution is -2.33. The molecular formula is C17H18ClN5O2S. The van der Waals surface area contributed by atoms with Crippen molar-refractivity contribution in [3.63, 3.8) is 0 Å². The summed E-state index contributed by atoms with van der Waals surface area (Å²) >= 11 is 7.18. The standard InChI is InChI=1S/C17H18ClN5O2S/c1-9-4-13(12-3-2-10(18)6-20-12)22-15(9)16(25)23-14(5-19)17-21-7-11(8-24)26-17/h2-4,6-7,14,22,24H,5,8,19H2,1H3,(H,23,25)/t14-/m1/s1. The number of thiazole rings is 1. The molecule has 1 amide bonds. The number of aromatic nitrogens is 3. The zero-order valence-electron chi connectivity index (χ0n) is 14.0. The van der Waals surface area contributed by atoms with E-state index in [0.717, 1.165) is 16.1 Å². The number of hydrogen-bond donors (Lipinski definition) is 4. The number of aromatic amines is 1. The van der Waals surface area contributed by atoms with Crippen molar-refractivity contribution in [1.29, 1.82) is 0 Å². The van der Waals surface area contributed by atoms with E-state index >= 15 is 0 Å². The number of carbonyl (C=O) groups is 1. The van der Waals surface area contributed by atoms with Crippen molar-refractivity contribution in [3.05, 3.63) is 56.8 Å². The number of H-pyrrole nitrogens is 1. The van der Waals surface area contributed by atoms with Gasteiger partial charge >= 0.3 is 0 Å². The van der Waals surface area contributed by atoms with Crippen LogP contribution in [0, 0.1) is 6.92 Å². The van der Waals surface area contributed by atoms with E-state index in [2.05, 4.69) is 20.3 Å². The highest BCUT2D eigenvalue weighted by molar-refractivity contribution is 7.11. The Hall–Kier alpha value is -2.26. The van der Waals surface area contributed by atoms with Crippen LogP contribution in [0.15, 0.2) is 30.6 Å². The van der Waals surface area contributed by atoms with Crippen molar-refractivity contribution in [3.8, 4) is 11.4 Å². The minimum absolute atomic E-state index is 0.0872. The molecule has 0 aliphatic rings. The second-order valence-corrected chi connectivity index (χ2v) is 7.27. The van der Waals surface area contributed by atoms with Crippen LogP contribution in [0.25, 0.3) is 11.4 Å². The van der Waals surface area contributed by atoms with E-state index in [1.54, 1.807) is 24.5 Å². The number of aryl methyl sites for hydroxylation is 1. The summed E-state index contributed by atoms with van der Waals surface area (Å²) in [4.78, 5) is 25.0. The fraction of sp³-hybridized carbons (Fsp3) is 0.235. The van der Waals surface area contributed by atoms with Gasteiger partial charge in [-0.05, 0) is 30.7 Å². The molecule has 0 radical (unpaired) electrons. The second-order valence-electron chi connectivity index (χ2n) is 5.69. The van der Waals surface area contributed by atoms with Gasteiger partial charge in [0, 0.05) is 18.9 Å². The van der Waals surface area contributed by atoms with Crippen molar-refractivity contribution < 1.29 is 9.90 Å². The average molecular weight is 392 g/mol. The molecule has 136 valence electrons. The summed E-state index contributed by atoms with van der Waals surface area (Å²) in [6, 6.07) is 4.96. The maximum absolute atomic E-state index is 12.7. The first-order chi connectivity index (χ1) is 12.5. The van der Waals surface area contributed by atoms with E-state index in [1.807, 2.05) is 13.0 Å². The Balaban J connectivity index is 1.79. The Morgan fingerprint density at radius 1 is 1.42 bits per heavy atom. The van der Waals surface area contributed by atoms with Crippen LogP contribution in [-0.4, -0.2) is 32.5 Å². The molecule has 0 aromatic carbocycles. The van der Waals surface area contributed by atoms with Crippen LogP contribution in [0.2, 0.25) is 5.02 Å². The van der Waals surface area contributed by atoms with E-state index in [-0.39, 0.29) is 19.1 Å². The molecule has 5 N–H and O–H groups in total. The van der Waals surface area contributed by atoms with E-state index < -0.39 is 6.04 Å². The number of carbonyl (C=O) groups excluding carboxylic acids is 1. The highest BCUT2D eigenvalue weighted by Gasteiger charge is 2.20. The largest absolute Gasteiger partial charge is 0.391 e. The second kappa shape index (κ2) is 7.96. The Kier molecular flexibility index (Phi) is 5.67. The molecule has 0 aliphatic heterocycles. The first-order valence-electron chi connectivity index (χ1n) is 7.89. The van der Waals surface area contributed by atoms with E-state index in [0.29, 0.717) is 21.4 Å². The zero-order valence-corrected chi connectivity index (χ0v) is 15.6. The number of nitrogens with one attached hydrogen (secondary N) is 2. The summed E-state index contributed by atoms with van der Waals surface area (Å²) in [5.74, 6) is -0.279. The molecule has 7 nitrogen and oxygen atoms in total. The van der Waals surface area contributed by atoms with Crippen molar-refractivity contribution in [2.45, 2.75) is 19.6 Å². The normalized spacial score (nSPS) is 12.2. The fourth-order valence-corrected chi connectivity index (χ4v) is 3.43. The molecule has 26 heavy (non-hydrogen) atoms. The quantitative estimate of drug-likeness (QED) is 0.514. The molecule has 0 fully saturated rings. The summed E-state index contributed by atoms with van der Waals surface area (Å²) in [6.07, 6.45) is 3.14. The van der Waals surface area contributed by atoms with Crippen LogP contribution in [0.4, 0.5) is 0 Å². The van der Waals surface area contributed by atoms with Gasteiger partial charge in [-0.2, -0.15) is 0 Å². The average Bonchev–Trinajstić information content (AvgIpc) is 3.27. The zero-order chi connectivity index (χ0) is 18.7. The molecule has 0 unspecified atom stereocenters. The first kappa shape index (κ1) is 18.5. The van der Waals surface area contributed by atoms with Crippen LogP contribution in [0.5, 0.6) is 0 Å². The lowest BCUT2D eigenvalue weighted by molar-refractivity contribution is 0.0933. The number of nitrogens with two attached hydrogens (primary N) is 1. The summed E-state index contributed by atoms with van der Waals surface area (Å²) in [7, 11) is 0. The molecular weight excluding hydrogens is 374 g/mol. The summed E-state index contributed by atoms with van der Waals surface area (Å²) in [5, 5.41) is 13.3. The van der Waals surface area contributed by atoms with Crippen LogP contribution in [0.1, 0.15) is 32.0 Å². The van der Waals surface area contributed by atoms with E-state index in [4.69, 9.17) is 22.4 Å². The third-order valence-corrected chi connectivity index (χ3v) is 5.13. The monoisotopic (exact) mass is 391 g/mol. The van der Waals surface area contributed by atoms with Gasteiger partial charge in [-0.3, -0.25) is 9.78 Å². The third-order valence-electron chi connectivity index (χ3n) is 3.81. The van der Waals surface area contributed by atoms with Crippen molar-refractivity contribution >= 4 is 28.8 Å². The number of aliphatic hydroxyl groups is 1. The number of pyridine rings is 1. The number of halogens is 1. The minimum atomic E-state index is -0.424. The topological polar surface area (TPSA) is 117 Å². The van der Waals surface area contributed by atoms with Gasteiger partial charge in [0.2, 0.25) is 0 Å². The Morgan fingerprint density at radius 2 is 2.23 bits per heavy atom. The first-order valence-corrected chi connectivity index (χ1v) is 9.09. The number of nitrogens with zero attached hydrogens (tertiary/aromatic N) is 2. The van der Waals surface area contributed by atoms with Gasteiger partial charge in [0.05, 0.1) is 33.9 Å². The van der Waals surface area contributed by atoms with Crippen LogP contribution in [0.3, 0.4) is 0 Å². The van der Waals surface area contributed by atoms with Gasteiger partial charge in [0.1, 0.15) is 10.7 Å².